The van der Waals surface area contributed by atoms with Gasteiger partial charge in [0.25, 0.3) is 0 Å². The van der Waals surface area contributed by atoms with Gasteiger partial charge in [-0.15, -0.1) is 0 Å². The third kappa shape index (κ3) is 9.99. The molecule has 0 bridgehead atoms. The molecule has 1 aromatic rings. The van der Waals surface area contributed by atoms with E-state index in [-0.39, 0.29) is 24.3 Å². The van der Waals surface area contributed by atoms with Crippen molar-refractivity contribution in [3.05, 3.63) is 51.2 Å². The molecule has 0 aromatic heterocycles. The van der Waals surface area contributed by atoms with Crippen LogP contribution in [0.2, 0.25) is 0 Å². The lowest BCUT2D eigenvalue weighted by atomic mass is 10.1. The number of nitro groups is 1. The first-order chi connectivity index (χ1) is 10.5. The fraction of sp³-hybridized carbons (Fsp3) is 0.500. The zero-order valence-corrected chi connectivity index (χ0v) is 13.9. The van der Waals surface area contributed by atoms with Gasteiger partial charge in [-0.2, -0.15) is 0 Å². The van der Waals surface area contributed by atoms with Gasteiger partial charge in [0, 0.05) is 18.7 Å². The van der Waals surface area contributed by atoms with Crippen molar-refractivity contribution in [1.82, 2.24) is 0 Å². The van der Waals surface area contributed by atoms with Gasteiger partial charge < -0.3 is 4.74 Å². The van der Waals surface area contributed by atoms with Crippen LogP contribution in [0.3, 0.4) is 0 Å². The van der Waals surface area contributed by atoms with Crippen LogP contribution in [0.1, 0.15) is 46.6 Å². The molecule has 0 spiro atoms. The van der Waals surface area contributed by atoms with E-state index in [2.05, 4.69) is 0 Å². The first-order valence-corrected chi connectivity index (χ1v) is 7.41. The van der Waals surface area contributed by atoms with E-state index < -0.39 is 16.6 Å². The largest absolute Gasteiger partial charge is 0.381 e. The van der Waals surface area contributed by atoms with E-state index in [4.69, 9.17) is 4.74 Å². The second-order valence-corrected chi connectivity index (χ2v) is 3.54. The summed E-state index contributed by atoms with van der Waals surface area (Å²) < 4.78 is 30.9. The highest BCUT2D eigenvalue weighted by Gasteiger charge is 2.11. The molecule has 6 heteroatoms. The molecule has 22 heavy (non-hydrogen) atoms. The first-order valence-electron chi connectivity index (χ1n) is 7.41. The van der Waals surface area contributed by atoms with Crippen molar-refractivity contribution in [1.29, 1.82) is 0 Å². The fourth-order valence-electron chi connectivity index (χ4n) is 1.39. The third-order valence-electron chi connectivity index (χ3n) is 2.16. The lowest BCUT2D eigenvalue weighted by molar-refractivity contribution is -0.426. The zero-order chi connectivity index (χ0) is 17.5. The van der Waals surface area contributed by atoms with Gasteiger partial charge in [0.05, 0.1) is 18.0 Å². The number of nitrogens with zero attached hydrogens (tertiary/aromatic N) is 1. The average molecular weight is 317 g/mol. The molecule has 0 N–H and O–H groups in total. The molecule has 1 aromatic carbocycles. The van der Waals surface area contributed by atoms with Crippen molar-refractivity contribution >= 4 is 6.08 Å². The molecular formula is C16H25F2NO3. The van der Waals surface area contributed by atoms with Crippen LogP contribution in [-0.2, 0) is 4.74 Å². The normalized spacial score (nSPS) is 10.0. The Bertz CT molecular complexity index is 442. The predicted molar refractivity (Wildman–Crippen MR) is 85.1 cm³/mol. The van der Waals surface area contributed by atoms with Crippen molar-refractivity contribution < 1.29 is 18.4 Å². The molecule has 0 unspecified atom stereocenters. The summed E-state index contributed by atoms with van der Waals surface area (Å²) in [6.07, 6.45) is 1.23. The Hall–Kier alpha value is -1.82. The second kappa shape index (κ2) is 14.1. The Morgan fingerprint density at radius 3 is 2.09 bits per heavy atom. The predicted octanol–water partition coefficient (Wildman–Crippen LogP) is 5.06. The van der Waals surface area contributed by atoms with Crippen LogP contribution >= 0.6 is 0 Å². The topological polar surface area (TPSA) is 52.4 Å². The summed E-state index contributed by atoms with van der Waals surface area (Å²) in [5, 5.41) is 10.8. The van der Waals surface area contributed by atoms with Crippen LogP contribution in [0.5, 0.6) is 0 Å². The van der Waals surface area contributed by atoms with Crippen molar-refractivity contribution in [3.63, 3.8) is 0 Å². The van der Waals surface area contributed by atoms with Gasteiger partial charge in [-0.1, -0.05) is 27.7 Å². The van der Waals surface area contributed by atoms with Crippen LogP contribution in [0.15, 0.2) is 23.9 Å². The number of benzene rings is 1. The van der Waals surface area contributed by atoms with Crippen LogP contribution in [0.4, 0.5) is 8.78 Å². The van der Waals surface area contributed by atoms with Crippen LogP contribution in [0.25, 0.3) is 6.08 Å². The van der Waals surface area contributed by atoms with Crippen LogP contribution in [0, 0.1) is 21.7 Å². The van der Waals surface area contributed by atoms with E-state index in [1.165, 1.54) is 0 Å². The maximum absolute atomic E-state index is 12.9. The van der Waals surface area contributed by atoms with Gasteiger partial charge in [-0.3, -0.25) is 10.1 Å². The third-order valence-corrected chi connectivity index (χ3v) is 2.16. The van der Waals surface area contributed by atoms with Gasteiger partial charge >= 0.3 is 0 Å². The van der Waals surface area contributed by atoms with Crippen molar-refractivity contribution in [2.75, 3.05) is 13.2 Å². The molecule has 0 fully saturated rings. The van der Waals surface area contributed by atoms with Crippen LogP contribution < -0.4 is 0 Å². The highest BCUT2D eigenvalue weighted by atomic mass is 19.1. The standard InChI is InChI=1S/C12H13F2NO3.2C2H6/c1-2-18-4-3-12(15(16)17)7-9-5-10(13)8-11(14)6-9;2*1-2/h5-8H,2-4H2,1H3;2*1-2H3/b12-7+;;. The summed E-state index contributed by atoms with van der Waals surface area (Å²) in [7, 11) is 0. The van der Waals surface area contributed by atoms with E-state index in [1.54, 1.807) is 6.92 Å². The van der Waals surface area contributed by atoms with E-state index >= 15 is 0 Å². The molecule has 0 aliphatic heterocycles. The smallest absolute Gasteiger partial charge is 0.249 e. The lowest BCUT2D eigenvalue weighted by Gasteiger charge is -2.01. The minimum absolute atomic E-state index is 0.0823. The Balaban J connectivity index is 0. The SMILES string of the molecule is CC.CC.CCOCC/C(=C\c1cc(F)cc(F)c1)[N+](=O)[O-]. The maximum Gasteiger partial charge on any atom is 0.249 e. The van der Waals surface area contributed by atoms with E-state index in [9.17, 15) is 18.9 Å². The molecule has 0 aliphatic rings. The quantitative estimate of drug-likeness (QED) is 0.418. The first kappa shape index (κ1) is 22.5. The fourth-order valence-corrected chi connectivity index (χ4v) is 1.39. The molecule has 0 aliphatic carbocycles. The molecular weight excluding hydrogens is 292 g/mol. The highest BCUT2D eigenvalue weighted by molar-refractivity contribution is 5.51. The van der Waals surface area contributed by atoms with E-state index in [0.29, 0.717) is 12.7 Å². The highest BCUT2D eigenvalue weighted by Crippen LogP contribution is 2.14. The van der Waals surface area contributed by atoms with Gasteiger partial charge in [0.15, 0.2) is 0 Å². The molecule has 1 rings (SSSR count). The molecule has 0 saturated heterocycles. The maximum atomic E-state index is 12.9. The Morgan fingerprint density at radius 2 is 1.68 bits per heavy atom. The minimum atomic E-state index is -0.770. The lowest BCUT2D eigenvalue weighted by Crippen LogP contribution is -2.03. The Kier molecular flexibility index (Phi) is 14.4. The molecule has 0 atom stereocenters. The van der Waals surface area contributed by atoms with E-state index in [1.807, 2.05) is 27.7 Å². The molecule has 0 radical (unpaired) electrons. The number of halogens is 2. The summed E-state index contributed by atoms with van der Waals surface area (Å²) in [6, 6.07) is 2.78. The Labute approximate surface area is 131 Å². The number of hydrogen-bond donors (Lipinski definition) is 0. The van der Waals surface area contributed by atoms with Gasteiger partial charge in [-0.05, 0) is 24.6 Å². The summed E-state index contributed by atoms with van der Waals surface area (Å²) in [6.45, 7) is 10.4. The minimum Gasteiger partial charge on any atom is -0.381 e. The number of ether oxygens (including phenoxy) is 1. The number of hydrogen-bond acceptors (Lipinski definition) is 3. The number of rotatable bonds is 6. The van der Waals surface area contributed by atoms with E-state index in [0.717, 1.165) is 18.2 Å². The monoisotopic (exact) mass is 317 g/mol. The molecule has 0 saturated carbocycles. The molecule has 4 nitrogen and oxygen atoms in total. The summed E-state index contributed by atoms with van der Waals surface area (Å²) in [4.78, 5) is 10.2. The van der Waals surface area contributed by atoms with Gasteiger partial charge in [-0.25, -0.2) is 8.78 Å². The van der Waals surface area contributed by atoms with Crippen molar-refractivity contribution in [3.8, 4) is 0 Å². The summed E-state index contributed by atoms with van der Waals surface area (Å²) in [5.74, 6) is -1.54. The second-order valence-electron chi connectivity index (χ2n) is 3.54. The molecule has 0 amide bonds. The molecule has 0 heterocycles. The van der Waals surface area contributed by atoms with Gasteiger partial charge in [0.2, 0.25) is 5.70 Å². The molecule has 126 valence electrons. The Morgan fingerprint density at radius 1 is 1.18 bits per heavy atom. The zero-order valence-electron chi connectivity index (χ0n) is 13.9. The van der Waals surface area contributed by atoms with Crippen molar-refractivity contribution in [2.45, 2.75) is 41.0 Å². The van der Waals surface area contributed by atoms with Crippen LogP contribution in [-0.4, -0.2) is 18.1 Å². The van der Waals surface area contributed by atoms with Crippen molar-refractivity contribution in [2.24, 2.45) is 0 Å². The summed E-state index contributed by atoms with van der Waals surface area (Å²) >= 11 is 0. The van der Waals surface area contributed by atoms with Gasteiger partial charge in [0.1, 0.15) is 11.6 Å². The summed E-state index contributed by atoms with van der Waals surface area (Å²) in [5.41, 5.74) is -0.0239. The average Bonchev–Trinajstić information content (AvgIpc) is 2.49.